The van der Waals surface area contributed by atoms with Crippen LogP contribution in [0, 0.1) is 0 Å². The van der Waals surface area contributed by atoms with Crippen molar-refractivity contribution in [3.05, 3.63) is 18.2 Å². The third-order valence-corrected chi connectivity index (χ3v) is 4.89. The topological polar surface area (TPSA) is 72.6 Å². The molecule has 5 nitrogen and oxygen atoms in total. The minimum Gasteiger partial charge on any atom is -0.495 e. The smallest absolute Gasteiger partial charge is 0.247 e. The first kappa shape index (κ1) is 15.8. The lowest BCUT2D eigenvalue weighted by atomic mass is 10.3. The molecule has 0 saturated heterocycles. The number of sulfonamides is 1. The SMILES string of the molecule is CCCN(C(C)C)S(=O)(=O)c1cc(N)ccc1OC. The summed E-state index contributed by atoms with van der Waals surface area (Å²) < 4.78 is 32.0. The van der Waals surface area contributed by atoms with Gasteiger partial charge >= 0.3 is 0 Å². The van der Waals surface area contributed by atoms with Crippen LogP contribution in [0.15, 0.2) is 23.1 Å². The van der Waals surface area contributed by atoms with E-state index in [1.165, 1.54) is 17.5 Å². The van der Waals surface area contributed by atoms with Gasteiger partial charge in [0.2, 0.25) is 10.0 Å². The second kappa shape index (κ2) is 6.25. The number of hydrogen-bond acceptors (Lipinski definition) is 4. The molecular weight excluding hydrogens is 264 g/mol. The van der Waals surface area contributed by atoms with Crippen molar-refractivity contribution in [1.82, 2.24) is 4.31 Å². The number of ether oxygens (including phenoxy) is 1. The van der Waals surface area contributed by atoms with Gasteiger partial charge < -0.3 is 10.5 Å². The summed E-state index contributed by atoms with van der Waals surface area (Å²) in [6.07, 6.45) is 0.752. The first-order chi connectivity index (χ1) is 8.84. The molecule has 6 heteroatoms. The van der Waals surface area contributed by atoms with Crippen molar-refractivity contribution in [3.63, 3.8) is 0 Å². The van der Waals surface area contributed by atoms with Gasteiger partial charge in [0, 0.05) is 18.3 Å². The van der Waals surface area contributed by atoms with Crippen LogP contribution in [0.1, 0.15) is 27.2 Å². The van der Waals surface area contributed by atoms with Crippen LogP contribution in [0.4, 0.5) is 5.69 Å². The molecule has 0 atom stereocenters. The number of rotatable bonds is 6. The van der Waals surface area contributed by atoms with Gasteiger partial charge in [-0.05, 0) is 38.5 Å². The largest absolute Gasteiger partial charge is 0.495 e. The molecule has 0 radical (unpaired) electrons. The minimum atomic E-state index is -3.60. The van der Waals surface area contributed by atoms with Crippen LogP contribution in [0.2, 0.25) is 0 Å². The van der Waals surface area contributed by atoms with E-state index in [0.29, 0.717) is 18.0 Å². The second-order valence-electron chi connectivity index (χ2n) is 4.62. The molecule has 1 aromatic rings. The Hall–Kier alpha value is -1.27. The van der Waals surface area contributed by atoms with Crippen molar-refractivity contribution in [2.24, 2.45) is 0 Å². The van der Waals surface area contributed by atoms with E-state index in [2.05, 4.69) is 0 Å². The van der Waals surface area contributed by atoms with Crippen molar-refractivity contribution in [1.29, 1.82) is 0 Å². The molecule has 0 bridgehead atoms. The van der Waals surface area contributed by atoms with Crippen molar-refractivity contribution < 1.29 is 13.2 Å². The predicted octanol–water partition coefficient (Wildman–Crippen LogP) is 2.09. The molecule has 0 saturated carbocycles. The molecule has 19 heavy (non-hydrogen) atoms. The molecule has 1 aromatic carbocycles. The van der Waals surface area contributed by atoms with Gasteiger partial charge in [0.1, 0.15) is 10.6 Å². The van der Waals surface area contributed by atoms with Crippen LogP contribution in [-0.4, -0.2) is 32.4 Å². The predicted molar refractivity (Wildman–Crippen MR) is 76.7 cm³/mol. The summed E-state index contributed by atoms with van der Waals surface area (Å²) in [5, 5.41) is 0. The van der Waals surface area contributed by atoms with Gasteiger partial charge in [-0.25, -0.2) is 8.42 Å². The van der Waals surface area contributed by atoms with Crippen molar-refractivity contribution in [2.75, 3.05) is 19.4 Å². The lowest BCUT2D eigenvalue weighted by molar-refractivity contribution is 0.349. The Morgan fingerprint density at radius 3 is 2.47 bits per heavy atom. The van der Waals surface area contributed by atoms with Gasteiger partial charge in [-0.2, -0.15) is 4.31 Å². The monoisotopic (exact) mass is 286 g/mol. The molecule has 0 aromatic heterocycles. The summed E-state index contributed by atoms with van der Waals surface area (Å²) in [5.74, 6) is 0.316. The van der Waals surface area contributed by atoms with Crippen LogP contribution in [-0.2, 0) is 10.0 Å². The molecule has 0 fully saturated rings. The number of nitrogens with two attached hydrogens (primary N) is 1. The molecule has 0 spiro atoms. The van der Waals surface area contributed by atoms with Crippen LogP contribution in [0.3, 0.4) is 0 Å². The fraction of sp³-hybridized carbons (Fsp3) is 0.538. The van der Waals surface area contributed by atoms with Gasteiger partial charge in [-0.3, -0.25) is 0 Å². The normalized spacial score (nSPS) is 12.1. The molecule has 0 heterocycles. The maximum absolute atomic E-state index is 12.7. The van der Waals surface area contributed by atoms with Gasteiger partial charge in [0.25, 0.3) is 0 Å². The van der Waals surface area contributed by atoms with Crippen LogP contribution >= 0.6 is 0 Å². The van der Waals surface area contributed by atoms with E-state index >= 15 is 0 Å². The van der Waals surface area contributed by atoms with Gasteiger partial charge in [0.15, 0.2) is 0 Å². The third kappa shape index (κ3) is 3.39. The van der Waals surface area contributed by atoms with Gasteiger partial charge in [0.05, 0.1) is 7.11 Å². The van der Waals surface area contributed by atoms with E-state index in [0.717, 1.165) is 6.42 Å². The Bertz CT molecular complexity index is 527. The molecule has 2 N–H and O–H groups in total. The van der Waals surface area contributed by atoms with Gasteiger partial charge in [-0.15, -0.1) is 0 Å². The zero-order valence-corrected chi connectivity index (χ0v) is 12.7. The number of methoxy groups -OCH3 is 1. The lowest BCUT2D eigenvalue weighted by Crippen LogP contribution is -2.37. The van der Waals surface area contributed by atoms with E-state index in [1.807, 2.05) is 20.8 Å². The van der Waals surface area contributed by atoms with Crippen LogP contribution in [0.5, 0.6) is 5.75 Å². The number of nitrogen functional groups attached to an aromatic ring is 1. The maximum Gasteiger partial charge on any atom is 0.247 e. The van der Waals surface area contributed by atoms with E-state index in [1.54, 1.807) is 12.1 Å². The Kier molecular flexibility index (Phi) is 5.20. The number of anilines is 1. The minimum absolute atomic E-state index is 0.115. The highest BCUT2D eigenvalue weighted by Gasteiger charge is 2.29. The Morgan fingerprint density at radius 1 is 1.37 bits per heavy atom. The van der Waals surface area contributed by atoms with Crippen LogP contribution in [0.25, 0.3) is 0 Å². The summed E-state index contributed by atoms with van der Waals surface area (Å²) in [6, 6.07) is 4.53. The standard InChI is InChI=1S/C13H22N2O3S/c1-5-8-15(10(2)3)19(16,17)13-9-11(14)6-7-12(13)18-4/h6-7,9-10H,5,8,14H2,1-4H3. The zero-order valence-electron chi connectivity index (χ0n) is 11.9. The highest BCUT2D eigenvalue weighted by atomic mass is 32.2. The Morgan fingerprint density at radius 2 is 2.00 bits per heavy atom. The van der Waals surface area contributed by atoms with E-state index < -0.39 is 10.0 Å². The molecule has 0 aliphatic heterocycles. The summed E-state index contributed by atoms with van der Waals surface area (Å²) in [4.78, 5) is 0.122. The highest BCUT2D eigenvalue weighted by Crippen LogP contribution is 2.29. The molecule has 0 unspecified atom stereocenters. The van der Waals surface area contributed by atoms with Gasteiger partial charge in [-0.1, -0.05) is 6.92 Å². The molecule has 1 rings (SSSR count). The summed E-state index contributed by atoms with van der Waals surface area (Å²) in [6.45, 7) is 6.12. The van der Waals surface area contributed by atoms with Crippen LogP contribution < -0.4 is 10.5 Å². The highest BCUT2D eigenvalue weighted by molar-refractivity contribution is 7.89. The Labute approximate surface area is 115 Å². The molecule has 108 valence electrons. The van der Waals surface area contributed by atoms with E-state index in [4.69, 9.17) is 10.5 Å². The molecule has 0 amide bonds. The summed E-state index contributed by atoms with van der Waals surface area (Å²) in [7, 11) is -2.15. The number of hydrogen-bond donors (Lipinski definition) is 1. The zero-order chi connectivity index (χ0) is 14.6. The van der Waals surface area contributed by atoms with Crippen molar-refractivity contribution >= 4 is 15.7 Å². The fourth-order valence-electron chi connectivity index (χ4n) is 1.90. The average molecular weight is 286 g/mol. The molecular formula is C13H22N2O3S. The number of nitrogens with zero attached hydrogens (tertiary/aromatic N) is 1. The molecule has 0 aliphatic rings. The lowest BCUT2D eigenvalue weighted by Gasteiger charge is -2.26. The summed E-state index contributed by atoms with van der Waals surface area (Å²) >= 11 is 0. The van der Waals surface area contributed by atoms with E-state index in [-0.39, 0.29) is 10.9 Å². The first-order valence-corrected chi connectivity index (χ1v) is 7.74. The average Bonchev–Trinajstić information content (AvgIpc) is 2.35. The maximum atomic E-state index is 12.7. The second-order valence-corrected chi connectivity index (χ2v) is 6.48. The summed E-state index contributed by atoms with van der Waals surface area (Å²) in [5.41, 5.74) is 6.09. The van der Waals surface area contributed by atoms with Crippen molar-refractivity contribution in [2.45, 2.75) is 38.1 Å². The number of benzene rings is 1. The van der Waals surface area contributed by atoms with E-state index in [9.17, 15) is 8.42 Å². The van der Waals surface area contributed by atoms with Crippen molar-refractivity contribution in [3.8, 4) is 5.75 Å². The fourth-order valence-corrected chi connectivity index (χ4v) is 3.82. The molecule has 0 aliphatic carbocycles. The Balaban J connectivity index is 3.36. The quantitative estimate of drug-likeness (QED) is 0.813. The first-order valence-electron chi connectivity index (χ1n) is 6.30. The third-order valence-electron chi connectivity index (χ3n) is 2.79.